The zero-order valence-corrected chi connectivity index (χ0v) is 15.4. The Labute approximate surface area is 160 Å². The first kappa shape index (κ1) is 20.5. The normalized spacial score (nSPS) is 10.1. The number of methoxy groups -OCH3 is 1. The van der Waals surface area contributed by atoms with Crippen LogP contribution in [0.3, 0.4) is 0 Å². The lowest BCUT2D eigenvalue weighted by Crippen LogP contribution is -2.24. The molecule has 0 saturated carbocycles. The van der Waals surface area contributed by atoms with Crippen molar-refractivity contribution in [3.8, 4) is 11.5 Å². The number of nitro benzene ring substituents is 1. The van der Waals surface area contributed by atoms with Gasteiger partial charge < -0.3 is 25.8 Å². The number of ether oxygens (including phenoxy) is 2. The molecule has 148 valence electrons. The van der Waals surface area contributed by atoms with Crippen molar-refractivity contribution in [1.82, 2.24) is 5.32 Å². The summed E-state index contributed by atoms with van der Waals surface area (Å²) < 4.78 is 10.5. The summed E-state index contributed by atoms with van der Waals surface area (Å²) in [6, 6.07) is 8.36. The summed E-state index contributed by atoms with van der Waals surface area (Å²) >= 11 is 0. The minimum absolute atomic E-state index is 0.127. The first-order chi connectivity index (χ1) is 13.3. The molecule has 0 saturated heterocycles. The van der Waals surface area contributed by atoms with Crippen LogP contribution in [0.15, 0.2) is 36.4 Å². The molecule has 0 aliphatic rings. The van der Waals surface area contributed by atoms with E-state index < -0.39 is 16.9 Å². The largest absolute Gasteiger partial charge is 0.493 e. The molecule has 28 heavy (non-hydrogen) atoms. The molecule has 2 rings (SSSR count). The summed E-state index contributed by atoms with van der Waals surface area (Å²) in [6.07, 6.45) is 0. The Morgan fingerprint density at radius 1 is 1.18 bits per heavy atom. The number of hydrogen-bond donors (Lipinski definition) is 3. The van der Waals surface area contributed by atoms with Gasteiger partial charge >= 0.3 is 6.03 Å². The first-order valence-electron chi connectivity index (χ1n) is 8.28. The van der Waals surface area contributed by atoms with Gasteiger partial charge in [0.05, 0.1) is 24.7 Å². The molecule has 0 unspecified atom stereocenters. The van der Waals surface area contributed by atoms with Crippen molar-refractivity contribution in [3.05, 3.63) is 57.6 Å². The summed E-state index contributed by atoms with van der Waals surface area (Å²) in [6.45, 7) is 2.15. The second-order valence-electron chi connectivity index (χ2n) is 5.58. The van der Waals surface area contributed by atoms with Crippen LogP contribution in [0.2, 0.25) is 0 Å². The SMILES string of the molecule is CCOc1cc([N+](=O)[O-])c(C(=O)NCc2ccc(NC(N)=O)cc2)cc1OC. The second-order valence-corrected chi connectivity index (χ2v) is 5.58. The molecule has 2 aromatic carbocycles. The summed E-state index contributed by atoms with van der Waals surface area (Å²) in [4.78, 5) is 34.0. The van der Waals surface area contributed by atoms with E-state index in [1.807, 2.05) is 0 Å². The quantitative estimate of drug-likeness (QED) is 0.467. The maximum Gasteiger partial charge on any atom is 0.316 e. The first-order valence-corrected chi connectivity index (χ1v) is 8.28. The fourth-order valence-electron chi connectivity index (χ4n) is 2.44. The minimum atomic E-state index is -0.683. The number of benzene rings is 2. The molecule has 0 spiro atoms. The molecule has 0 aliphatic carbocycles. The van der Waals surface area contributed by atoms with Crippen molar-refractivity contribution < 1.29 is 24.0 Å². The van der Waals surface area contributed by atoms with Gasteiger partial charge in [-0.1, -0.05) is 12.1 Å². The van der Waals surface area contributed by atoms with Crippen LogP contribution in [0.4, 0.5) is 16.2 Å². The van der Waals surface area contributed by atoms with E-state index in [-0.39, 0.29) is 29.3 Å². The Bertz CT molecular complexity index is 882. The summed E-state index contributed by atoms with van der Waals surface area (Å²) in [7, 11) is 1.38. The van der Waals surface area contributed by atoms with E-state index in [4.69, 9.17) is 15.2 Å². The molecule has 10 nitrogen and oxygen atoms in total. The van der Waals surface area contributed by atoms with Crippen LogP contribution in [0, 0.1) is 10.1 Å². The van der Waals surface area contributed by atoms with Crippen molar-refractivity contribution in [2.75, 3.05) is 19.0 Å². The summed E-state index contributed by atoms with van der Waals surface area (Å²) in [5.74, 6) is -0.224. The lowest BCUT2D eigenvalue weighted by molar-refractivity contribution is -0.385. The van der Waals surface area contributed by atoms with E-state index in [1.165, 1.54) is 19.2 Å². The van der Waals surface area contributed by atoms with Crippen LogP contribution in [0.25, 0.3) is 0 Å². The molecule has 4 N–H and O–H groups in total. The van der Waals surface area contributed by atoms with Crippen molar-refractivity contribution in [2.45, 2.75) is 13.5 Å². The lowest BCUT2D eigenvalue weighted by atomic mass is 10.1. The minimum Gasteiger partial charge on any atom is -0.493 e. The molecule has 0 atom stereocenters. The van der Waals surface area contributed by atoms with Gasteiger partial charge in [0.25, 0.3) is 11.6 Å². The summed E-state index contributed by atoms with van der Waals surface area (Å²) in [5.41, 5.74) is 5.74. The van der Waals surface area contributed by atoms with Crippen molar-refractivity contribution >= 4 is 23.3 Å². The fourth-order valence-corrected chi connectivity index (χ4v) is 2.44. The molecule has 0 bridgehead atoms. The maximum absolute atomic E-state index is 12.5. The predicted molar refractivity (Wildman–Crippen MR) is 102 cm³/mol. The smallest absolute Gasteiger partial charge is 0.316 e. The van der Waals surface area contributed by atoms with Gasteiger partial charge in [-0.05, 0) is 24.6 Å². The average Bonchev–Trinajstić information content (AvgIpc) is 2.66. The maximum atomic E-state index is 12.5. The van der Waals surface area contributed by atoms with Crippen LogP contribution in [0.1, 0.15) is 22.8 Å². The van der Waals surface area contributed by atoms with Gasteiger partial charge in [0.2, 0.25) is 0 Å². The van der Waals surface area contributed by atoms with E-state index >= 15 is 0 Å². The number of rotatable bonds is 8. The molecular weight excluding hydrogens is 368 g/mol. The highest BCUT2D eigenvalue weighted by atomic mass is 16.6. The standard InChI is InChI=1S/C18H20N4O6/c1-3-28-16-9-14(22(25)26)13(8-15(16)27-2)17(23)20-10-11-4-6-12(7-5-11)21-18(19)24/h4-9H,3,10H2,1-2H3,(H,20,23)(H3,19,21,24). The number of carbonyl (C=O) groups excluding carboxylic acids is 2. The fraction of sp³-hybridized carbons (Fsp3) is 0.222. The molecule has 0 aromatic heterocycles. The highest BCUT2D eigenvalue weighted by Gasteiger charge is 2.24. The third-order valence-corrected chi connectivity index (χ3v) is 3.70. The Balaban J connectivity index is 2.18. The number of anilines is 1. The van der Waals surface area contributed by atoms with Crippen LogP contribution in [-0.2, 0) is 6.54 Å². The van der Waals surface area contributed by atoms with Gasteiger partial charge in [0, 0.05) is 18.3 Å². The molecule has 3 amide bonds. The van der Waals surface area contributed by atoms with Crippen molar-refractivity contribution in [1.29, 1.82) is 0 Å². The van der Waals surface area contributed by atoms with Crippen LogP contribution in [0.5, 0.6) is 11.5 Å². The Kier molecular flexibility index (Phi) is 6.74. The monoisotopic (exact) mass is 388 g/mol. The molecular formula is C18H20N4O6. The number of nitrogens with two attached hydrogens (primary N) is 1. The summed E-state index contributed by atoms with van der Waals surface area (Å²) in [5, 5.41) is 16.4. The van der Waals surface area contributed by atoms with Gasteiger partial charge in [0.15, 0.2) is 11.5 Å². The number of nitrogens with zero attached hydrogens (tertiary/aromatic N) is 1. The Hall–Kier alpha value is -3.82. The highest BCUT2D eigenvalue weighted by molar-refractivity contribution is 5.99. The number of hydrogen-bond acceptors (Lipinski definition) is 6. The second kappa shape index (κ2) is 9.21. The zero-order chi connectivity index (χ0) is 20.7. The van der Waals surface area contributed by atoms with E-state index in [2.05, 4.69) is 10.6 Å². The van der Waals surface area contributed by atoms with Gasteiger partial charge in [0.1, 0.15) is 5.56 Å². The molecule has 0 fully saturated rings. The zero-order valence-electron chi connectivity index (χ0n) is 15.4. The molecule has 0 heterocycles. The number of nitro groups is 1. The van der Waals surface area contributed by atoms with Gasteiger partial charge in [-0.15, -0.1) is 0 Å². The lowest BCUT2D eigenvalue weighted by Gasteiger charge is -2.12. The van der Waals surface area contributed by atoms with Crippen LogP contribution >= 0.6 is 0 Å². The number of carbonyl (C=O) groups is 2. The third-order valence-electron chi connectivity index (χ3n) is 3.70. The van der Waals surface area contributed by atoms with E-state index in [1.54, 1.807) is 31.2 Å². The van der Waals surface area contributed by atoms with Crippen LogP contribution < -0.4 is 25.8 Å². The predicted octanol–water partition coefficient (Wildman–Crippen LogP) is 2.42. The van der Waals surface area contributed by atoms with Gasteiger partial charge in [-0.3, -0.25) is 14.9 Å². The third kappa shape index (κ3) is 5.10. The number of nitrogens with one attached hydrogen (secondary N) is 2. The number of primary amides is 1. The van der Waals surface area contributed by atoms with Crippen LogP contribution in [-0.4, -0.2) is 30.6 Å². The molecule has 0 radical (unpaired) electrons. The van der Waals surface area contributed by atoms with Gasteiger partial charge in [-0.25, -0.2) is 4.79 Å². The highest BCUT2D eigenvalue weighted by Crippen LogP contribution is 2.34. The van der Waals surface area contributed by atoms with E-state index in [0.29, 0.717) is 12.3 Å². The number of urea groups is 1. The van der Waals surface area contributed by atoms with E-state index in [0.717, 1.165) is 5.56 Å². The topological polar surface area (TPSA) is 146 Å². The van der Waals surface area contributed by atoms with E-state index in [9.17, 15) is 19.7 Å². The Morgan fingerprint density at radius 3 is 2.39 bits per heavy atom. The van der Waals surface area contributed by atoms with Crippen molar-refractivity contribution in [3.63, 3.8) is 0 Å². The Morgan fingerprint density at radius 2 is 1.86 bits per heavy atom. The molecule has 2 aromatic rings. The number of amides is 3. The average molecular weight is 388 g/mol. The van der Waals surface area contributed by atoms with Gasteiger partial charge in [-0.2, -0.15) is 0 Å². The van der Waals surface area contributed by atoms with Crippen molar-refractivity contribution in [2.24, 2.45) is 5.73 Å². The molecule has 10 heteroatoms. The molecule has 0 aliphatic heterocycles.